The summed E-state index contributed by atoms with van der Waals surface area (Å²) in [6.45, 7) is 5.51. The van der Waals surface area contributed by atoms with Gasteiger partial charge >= 0.3 is 5.97 Å². The van der Waals surface area contributed by atoms with Crippen LogP contribution >= 0.6 is 11.3 Å². The van der Waals surface area contributed by atoms with Gasteiger partial charge in [0.2, 0.25) is 5.91 Å². The summed E-state index contributed by atoms with van der Waals surface area (Å²) in [4.78, 5) is 30.0. The molecule has 1 aliphatic heterocycles. The third-order valence-corrected chi connectivity index (χ3v) is 4.99. The summed E-state index contributed by atoms with van der Waals surface area (Å²) in [5.74, 6) is -1.19. The van der Waals surface area contributed by atoms with Gasteiger partial charge in [0.15, 0.2) is 10.8 Å². The van der Waals surface area contributed by atoms with Crippen molar-refractivity contribution in [2.45, 2.75) is 58.5 Å². The van der Waals surface area contributed by atoms with E-state index in [0.717, 1.165) is 30.7 Å². The van der Waals surface area contributed by atoms with Crippen molar-refractivity contribution in [3.8, 4) is 0 Å². The number of likely N-dealkylation sites (tertiary alicyclic amines) is 1. The average molecular weight is 325 g/mol. The number of carbonyl (C=O) groups is 2. The molecular formula is C15H23N3O3S. The molecule has 1 saturated heterocycles. The number of aromatic nitrogens is 1. The number of anilines is 1. The van der Waals surface area contributed by atoms with Gasteiger partial charge in [-0.3, -0.25) is 9.69 Å². The SMILES string of the molecule is CCC(=O)Nc1nc(C(=O)O)c(CN2CCCCC2CC)s1. The summed E-state index contributed by atoms with van der Waals surface area (Å²) in [7, 11) is 0. The average Bonchev–Trinajstić information content (AvgIpc) is 2.90. The molecule has 2 heterocycles. The first-order valence-corrected chi connectivity index (χ1v) is 8.63. The largest absolute Gasteiger partial charge is 0.476 e. The van der Waals surface area contributed by atoms with Crippen molar-refractivity contribution in [3.05, 3.63) is 10.6 Å². The summed E-state index contributed by atoms with van der Waals surface area (Å²) in [5.41, 5.74) is 0.0665. The zero-order valence-corrected chi connectivity index (χ0v) is 13.9. The van der Waals surface area contributed by atoms with Crippen LogP contribution in [-0.2, 0) is 11.3 Å². The normalized spacial score (nSPS) is 19.1. The van der Waals surface area contributed by atoms with Crippen LogP contribution in [-0.4, -0.2) is 39.5 Å². The number of carbonyl (C=O) groups excluding carboxylic acids is 1. The lowest BCUT2D eigenvalue weighted by molar-refractivity contribution is -0.115. The van der Waals surface area contributed by atoms with Crippen molar-refractivity contribution >= 4 is 28.3 Å². The van der Waals surface area contributed by atoms with Gasteiger partial charge in [-0.25, -0.2) is 9.78 Å². The van der Waals surface area contributed by atoms with E-state index in [0.29, 0.717) is 24.1 Å². The number of thiazole rings is 1. The number of aromatic carboxylic acids is 1. The van der Waals surface area contributed by atoms with Crippen molar-refractivity contribution in [2.24, 2.45) is 0 Å². The number of hydrogen-bond donors (Lipinski definition) is 2. The number of carboxylic acid groups (broad SMARTS) is 1. The van der Waals surface area contributed by atoms with Gasteiger partial charge in [-0.05, 0) is 25.8 Å². The second-order valence-corrected chi connectivity index (χ2v) is 6.61. The number of amides is 1. The van der Waals surface area contributed by atoms with E-state index in [2.05, 4.69) is 22.1 Å². The minimum Gasteiger partial charge on any atom is -0.476 e. The Balaban J connectivity index is 2.17. The standard InChI is InChI=1S/C15H23N3O3S/c1-3-10-7-5-6-8-18(10)9-11-13(14(20)21)17-15(22-11)16-12(19)4-2/h10H,3-9H2,1-2H3,(H,20,21)(H,16,17,19). The number of nitrogens with zero attached hydrogens (tertiary/aromatic N) is 2. The fraction of sp³-hybridized carbons (Fsp3) is 0.667. The second-order valence-electron chi connectivity index (χ2n) is 5.53. The molecule has 1 atom stereocenters. The van der Waals surface area contributed by atoms with Crippen LogP contribution in [0.4, 0.5) is 5.13 Å². The lowest BCUT2D eigenvalue weighted by Gasteiger charge is -2.34. The molecule has 7 heteroatoms. The number of hydrogen-bond acceptors (Lipinski definition) is 5. The molecule has 0 saturated carbocycles. The maximum Gasteiger partial charge on any atom is 0.355 e. The molecule has 1 aromatic rings. The van der Waals surface area contributed by atoms with Gasteiger partial charge in [0.25, 0.3) is 0 Å². The van der Waals surface area contributed by atoms with Gasteiger partial charge in [0, 0.05) is 19.0 Å². The molecule has 2 rings (SSSR count). The van der Waals surface area contributed by atoms with Crippen LogP contribution in [0.25, 0.3) is 0 Å². The molecule has 1 unspecified atom stereocenters. The number of piperidine rings is 1. The molecule has 0 aliphatic carbocycles. The highest BCUT2D eigenvalue weighted by atomic mass is 32.1. The van der Waals surface area contributed by atoms with Crippen LogP contribution in [0.3, 0.4) is 0 Å². The number of rotatable bonds is 6. The Morgan fingerprint density at radius 3 is 2.82 bits per heavy atom. The topological polar surface area (TPSA) is 82.5 Å². The van der Waals surface area contributed by atoms with Gasteiger partial charge in [0.05, 0.1) is 4.88 Å². The van der Waals surface area contributed by atoms with Crippen molar-refractivity contribution in [2.75, 3.05) is 11.9 Å². The van der Waals surface area contributed by atoms with Crippen LogP contribution in [0, 0.1) is 0 Å². The van der Waals surface area contributed by atoms with Gasteiger partial charge in [-0.1, -0.05) is 31.6 Å². The molecule has 1 aromatic heterocycles. The zero-order chi connectivity index (χ0) is 16.1. The zero-order valence-electron chi connectivity index (χ0n) is 13.1. The fourth-order valence-electron chi connectivity index (χ4n) is 2.80. The third-order valence-electron chi connectivity index (χ3n) is 4.03. The highest BCUT2D eigenvalue weighted by Crippen LogP contribution is 2.28. The molecule has 0 aromatic carbocycles. The fourth-order valence-corrected chi connectivity index (χ4v) is 3.80. The Hall–Kier alpha value is -1.47. The first-order valence-electron chi connectivity index (χ1n) is 7.82. The van der Waals surface area contributed by atoms with Gasteiger partial charge < -0.3 is 10.4 Å². The van der Waals surface area contributed by atoms with E-state index in [4.69, 9.17) is 0 Å². The van der Waals surface area contributed by atoms with Crippen LogP contribution in [0.2, 0.25) is 0 Å². The molecule has 1 amide bonds. The maximum atomic E-state index is 11.5. The summed E-state index contributed by atoms with van der Waals surface area (Å²) in [6, 6.07) is 0.506. The summed E-state index contributed by atoms with van der Waals surface area (Å²) < 4.78 is 0. The van der Waals surface area contributed by atoms with Gasteiger partial charge in [-0.2, -0.15) is 0 Å². The van der Waals surface area contributed by atoms with Gasteiger partial charge in [-0.15, -0.1) is 0 Å². The van der Waals surface area contributed by atoms with E-state index >= 15 is 0 Å². The molecule has 0 spiro atoms. The lowest BCUT2D eigenvalue weighted by atomic mass is 10.00. The quantitative estimate of drug-likeness (QED) is 0.840. The van der Waals surface area contributed by atoms with E-state index in [1.54, 1.807) is 6.92 Å². The highest BCUT2D eigenvalue weighted by molar-refractivity contribution is 7.16. The van der Waals surface area contributed by atoms with Crippen molar-refractivity contribution in [1.29, 1.82) is 0 Å². The van der Waals surface area contributed by atoms with Crippen LogP contribution in [0.15, 0.2) is 0 Å². The number of nitrogens with one attached hydrogen (secondary N) is 1. The molecule has 22 heavy (non-hydrogen) atoms. The van der Waals surface area contributed by atoms with E-state index in [1.807, 2.05) is 0 Å². The third kappa shape index (κ3) is 4.04. The minimum absolute atomic E-state index is 0.0665. The van der Waals surface area contributed by atoms with E-state index in [-0.39, 0.29) is 11.6 Å². The Kier molecular flexibility index (Phi) is 5.90. The molecule has 122 valence electrons. The minimum atomic E-state index is -1.03. The van der Waals surface area contributed by atoms with Crippen LogP contribution in [0.5, 0.6) is 0 Å². The first-order chi connectivity index (χ1) is 10.5. The van der Waals surface area contributed by atoms with Crippen molar-refractivity contribution < 1.29 is 14.7 Å². The molecule has 6 nitrogen and oxygen atoms in total. The Morgan fingerprint density at radius 2 is 2.18 bits per heavy atom. The summed E-state index contributed by atoms with van der Waals surface area (Å²) in [5, 5.41) is 12.4. The summed E-state index contributed by atoms with van der Waals surface area (Å²) >= 11 is 1.27. The molecular weight excluding hydrogens is 302 g/mol. The Morgan fingerprint density at radius 1 is 1.41 bits per heavy atom. The Labute approximate surface area is 134 Å². The molecule has 1 fully saturated rings. The van der Waals surface area contributed by atoms with E-state index in [1.165, 1.54) is 17.8 Å². The maximum absolute atomic E-state index is 11.5. The predicted molar refractivity (Wildman–Crippen MR) is 86.3 cm³/mol. The first kappa shape index (κ1) is 16.9. The van der Waals surface area contributed by atoms with Gasteiger partial charge in [0.1, 0.15) is 0 Å². The smallest absolute Gasteiger partial charge is 0.355 e. The van der Waals surface area contributed by atoms with Crippen LogP contribution < -0.4 is 5.32 Å². The molecule has 1 aliphatic rings. The monoisotopic (exact) mass is 325 g/mol. The lowest BCUT2D eigenvalue weighted by Crippen LogP contribution is -2.38. The second kappa shape index (κ2) is 7.69. The van der Waals surface area contributed by atoms with E-state index in [9.17, 15) is 14.7 Å². The molecule has 0 radical (unpaired) electrons. The summed E-state index contributed by atoms with van der Waals surface area (Å²) in [6.07, 6.45) is 4.97. The predicted octanol–water partition coefficient (Wildman–Crippen LogP) is 2.95. The number of carboxylic acids is 1. The Bertz CT molecular complexity index is 544. The highest BCUT2D eigenvalue weighted by Gasteiger charge is 2.25. The van der Waals surface area contributed by atoms with E-state index < -0.39 is 5.97 Å². The molecule has 0 bridgehead atoms. The van der Waals surface area contributed by atoms with Crippen molar-refractivity contribution in [1.82, 2.24) is 9.88 Å². The van der Waals surface area contributed by atoms with Crippen LogP contribution in [0.1, 0.15) is 61.3 Å². The molecule has 2 N–H and O–H groups in total. The van der Waals surface area contributed by atoms with Crippen molar-refractivity contribution in [3.63, 3.8) is 0 Å².